The zero-order valence-electron chi connectivity index (χ0n) is 11.8. The molecule has 1 amide bonds. The Morgan fingerprint density at radius 1 is 1.35 bits per heavy atom. The molecule has 1 aliphatic heterocycles. The van der Waals surface area contributed by atoms with Crippen LogP contribution in [0.5, 0.6) is 11.5 Å². The SMILES string of the molecule is COc1cccc(C(=O)N2CCCC(N)C2)c1OC.Cl. The quantitative estimate of drug-likeness (QED) is 0.922. The van der Waals surface area contributed by atoms with Crippen LogP contribution in [-0.2, 0) is 0 Å². The van der Waals surface area contributed by atoms with Gasteiger partial charge in [-0.15, -0.1) is 12.4 Å². The van der Waals surface area contributed by atoms with Gasteiger partial charge in [0.15, 0.2) is 11.5 Å². The Labute approximate surface area is 125 Å². The zero-order chi connectivity index (χ0) is 13.8. The number of nitrogens with zero attached hydrogens (tertiary/aromatic N) is 1. The van der Waals surface area contributed by atoms with E-state index in [9.17, 15) is 4.79 Å². The van der Waals surface area contributed by atoms with Gasteiger partial charge in [-0.1, -0.05) is 6.07 Å². The minimum Gasteiger partial charge on any atom is -0.493 e. The predicted octanol–water partition coefficient (Wildman–Crippen LogP) is 1.69. The fourth-order valence-electron chi connectivity index (χ4n) is 2.42. The molecule has 0 aliphatic carbocycles. The second kappa shape index (κ2) is 7.36. The summed E-state index contributed by atoms with van der Waals surface area (Å²) in [5, 5.41) is 0. The molecule has 0 radical (unpaired) electrons. The van der Waals surface area contributed by atoms with Crippen molar-refractivity contribution in [2.24, 2.45) is 5.73 Å². The molecule has 5 nitrogen and oxygen atoms in total. The van der Waals surface area contributed by atoms with E-state index >= 15 is 0 Å². The van der Waals surface area contributed by atoms with Crippen LogP contribution in [0.1, 0.15) is 23.2 Å². The van der Waals surface area contributed by atoms with E-state index in [1.807, 2.05) is 0 Å². The number of halogens is 1. The Bertz CT molecular complexity index is 468. The van der Waals surface area contributed by atoms with Gasteiger partial charge in [0.05, 0.1) is 19.8 Å². The number of methoxy groups -OCH3 is 2. The van der Waals surface area contributed by atoms with Gasteiger partial charge >= 0.3 is 0 Å². The second-order valence-electron chi connectivity index (χ2n) is 4.69. The maximum atomic E-state index is 12.5. The molecule has 0 saturated carbocycles. The topological polar surface area (TPSA) is 64.8 Å². The van der Waals surface area contributed by atoms with Gasteiger partial charge in [0.2, 0.25) is 0 Å². The molecule has 2 rings (SSSR count). The van der Waals surface area contributed by atoms with E-state index in [4.69, 9.17) is 15.2 Å². The Morgan fingerprint density at radius 3 is 2.70 bits per heavy atom. The van der Waals surface area contributed by atoms with Crippen LogP contribution >= 0.6 is 12.4 Å². The minimum absolute atomic E-state index is 0. The lowest BCUT2D eigenvalue weighted by molar-refractivity contribution is 0.0704. The third-order valence-corrected chi connectivity index (χ3v) is 3.38. The Kier molecular flexibility index (Phi) is 6.10. The number of ether oxygens (including phenoxy) is 2. The number of piperidine rings is 1. The molecule has 1 unspecified atom stereocenters. The molecule has 1 fully saturated rings. The maximum Gasteiger partial charge on any atom is 0.257 e. The van der Waals surface area contributed by atoms with Crippen molar-refractivity contribution in [1.82, 2.24) is 4.90 Å². The fourth-order valence-corrected chi connectivity index (χ4v) is 2.42. The maximum absolute atomic E-state index is 12.5. The Hall–Kier alpha value is -1.46. The third kappa shape index (κ3) is 3.35. The first kappa shape index (κ1) is 16.6. The highest BCUT2D eigenvalue weighted by molar-refractivity contribution is 5.98. The normalized spacial score (nSPS) is 18.1. The number of likely N-dealkylation sites (tertiary alicyclic amines) is 1. The number of carbonyl (C=O) groups excluding carboxylic acids is 1. The first-order chi connectivity index (χ1) is 9.17. The number of benzene rings is 1. The lowest BCUT2D eigenvalue weighted by Gasteiger charge is -2.31. The molecule has 0 bridgehead atoms. The standard InChI is InChI=1S/C14H20N2O3.ClH/c1-18-12-7-3-6-11(13(12)19-2)14(17)16-8-4-5-10(15)9-16;/h3,6-7,10H,4-5,8-9,15H2,1-2H3;1H. The van der Waals surface area contributed by atoms with Crippen LogP contribution in [0.3, 0.4) is 0 Å². The van der Waals surface area contributed by atoms with Crippen molar-refractivity contribution in [2.45, 2.75) is 18.9 Å². The molecule has 6 heteroatoms. The molecular weight excluding hydrogens is 280 g/mol. The van der Waals surface area contributed by atoms with E-state index in [0.29, 0.717) is 23.6 Å². The first-order valence-electron chi connectivity index (χ1n) is 6.43. The molecule has 112 valence electrons. The zero-order valence-corrected chi connectivity index (χ0v) is 12.6. The van der Waals surface area contributed by atoms with Gasteiger partial charge in [0, 0.05) is 19.1 Å². The second-order valence-corrected chi connectivity index (χ2v) is 4.69. The van der Waals surface area contributed by atoms with Crippen molar-refractivity contribution in [2.75, 3.05) is 27.3 Å². The molecule has 1 saturated heterocycles. The van der Waals surface area contributed by atoms with Crippen molar-refractivity contribution in [1.29, 1.82) is 0 Å². The molecule has 2 N–H and O–H groups in total. The van der Waals surface area contributed by atoms with Gasteiger partial charge in [-0.25, -0.2) is 0 Å². The number of rotatable bonds is 3. The summed E-state index contributed by atoms with van der Waals surface area (Å²) in [5.74, 6) is 0.995. The van der Waals surface area contributed by atoms with Gasteiger partial charge < -0.3 is 20.1 Å². The summed E-state index contributed by atoms with van der Waals surface area (Å²) in [5.41, 5.74) is 6.44. The van der Waals surface area contributed by atoms with E-state index in [0.717, 1.165) is 19.4 Å². The van der Waals surface area contributed by atoms with Crippen molar-refractivity contribution in [3.63, 3.8) is 0 Å². The minimum atomic E-state index is -0.0501. The summed E-state index contributed by atoms with van der Waals surface area (Å²) in [7, 11) is 3.10. The highest BCUT2D eigenvalue weighted by Gasteiger charge is 2.25. The molecule has 1 aromatic carbocycles. The number of para-hydroxylation sites is 1. The fraction of sp³-hybridized carbons (Fsp3) is 0.500. The van der Waals surface area contributed by atoms with Crippen LogP contribution < -0.4 is 15.2 Å². The van der Waals surface area contributed by atoms with Crippen LogP contribution in [0.25, 0.3) is 0 Å². The summed E-state index contributed by atoms with van der Waals surface area (Å²) >= 11 is 0. The van der Waals surface area contributed by atoms with Crippen LogP contribution in [-0.4, -0.2) is 44.2 Å². The summed E-state index contributed by atoms with van der Waals surface area (Å²) < 4.78 is 10.5. The molecule has 1 aromatic rings. The number of carbonyl (C=O) groups is 1. The van der Waals surface area contributed by atoms with Gasteiger partial charge in [0.1, 0.15) is 0 Å². The van der Waals surface area contributed by atoms with E-state index in [1.54, 1.807) is 30.2 Å². The first-order valence-corrected chi connectivity index (χ1v) is 6.43. The summed E-state index contributed by atoms with van der Waals surface area (Å²) in [6, 6.07) is 5.38. The highest BCUT2D eigenvalue weighted by atomic mass is 35.5. The smallest absolute Gasteiger partial charge is 0.257 e. The summed E-state index contributed by atoms with van der Waals surface area (Å²) in [6.45, 7) is 1.34. The average Bonchev–Trinajstić information content (AvgIpc) is 2.45. The molecule has 1 atom stereocenters. The van der Waals surface area contributed by atoms with Gasteiger partial charge in [-0.3, -0.25) is 4.79 Å². The lowest BCUT2D eigenvalue weighted by Crippen LogP contribution is -2.45. The summed E-state index contributed by atoms with van der Waals surface area (Å²) in [4.78, 5) is 14.3. The van der Waals surface area contributed by atoms with Crippen LogP contribution in [0.15, 0.2) is 18.2 Å². The van der Waals surface area contributed by atoms with Gasteiger partial charge in [-0.05, 0) is 25.0 Å². The van der Waals surface area contributed by atoms with Crippen LogP contribution in [0.4, 0.5) is 0 Å². The lowest BCUT2D eigenvalue weighted by atomic mass is 10.0. The van der Waals surface area contributed by atoms with E-state index in [-0.39, 0.29) is 24.4 Å². The molecule has 20 heavy (non-hydrogen) atoms. The predicted molar refractivity (Wildman–Crippen MR) is 79.9 cm³/mol. The summed E-state index contributed by atoms with van der Waals surface area (Å²) in [6.07, 6.45) is 1.91. The van der Waals surface area contributed by atoms with Crippen molar-refractivity contribution < 1.29 is 14.3 Å². The number of amides is 1. The van der Waals surface area contributed by atoms with Crippen molar-refractivity contribution in [3.05, 3.63) is 23.8 Å². The molecule has 1 heterocycles. The number of hydrogen-bond acceptors (Lipinski definition) is 4. The van der Waals surface area contributed by atoms with E-state index in [1.165, 1.54) is 7.11 Å². The van der Waals surface area contributed by atoms with Crippen molar-refractivity contribution in [3.8, 4) is 11.5 Å². The number of hydrogen-bond donors (Lipinski definition) is 1. The monoisotopic (exact) mass is 300 g/mol. The Balaban J connectivity index is 0.00000200. The van der Waals surface area contributed by atoms with Crippen LogP contribution in [0, 0.1) is 0 Å². The van der Waals surface area contributed by atoms with E-state index in [2.05, 4.69) is 0 Å². The Morgan fingerprint density at radius 2 is 2.10 bits per heavy atom. The van der Waals surface area contributed by atoms with Gasteiger partial charge in [-0.2, -0.15) is 0 Å². The van der Waals surface area contributed by atoms with E-state index < -0.39 is 0 Å². The largest absolute Gasteiger partial charge is 0.493 e. The molecular formula is C14H21ClN2O3. The number of nitrogens with two attached hydrogens (primary N) is 1. The average molecular weight is 301 g/mol. The van der Waals surface area contributed by atoms with Gasteiger partial charge in [0.25, 0.3) is 5.91 Å². The molecule has 1 aliphatic rings. The molecule has 0 aromatic heterocycles. The molecule has 0 spiro atoms. The van der Waals surface area contributed by atoms with Crippen LogP contribution in [0.2, 0.25) is 0 Å². The highest BCUT2D eigenvalue weighted by Crippen LogP contribution is 2.31. The third-order valence-electron chi connectivity index (χ3n) is 3.38. The van der Waals surface area contributed by atoms with Crippen molar-refractivity contribution >= 4 is 18.3 Å².